The van der Waals surface area contributed by atoms with Crippen molar-refractivity contribution in [3.8, 4) is 0 Å². The Kier molecular flexibility index (Phi) is 4.24. The topological polar surface area (TPSA) is 106 Å². The van der Waals surface area contributed by atoms with Crippen molar-refractivity contribution in [1.29, 1.82) is 0 Å². The minimum atomic E-state index is -1.09. The van der Waals surface area contributed by atoms with Gasteiger partial charge in [-0.15, -0.1) is 5.10 Å². The molecular weight excluding hydrogens is 238 g/mol. The quantitative estimate of drug-likeness (QED) is 0.678. The first kappa shape index (κ1) is 12.9. The van der Waals surface area contributed by atoms with E-state index >= 15 is 0 Å². The maximum Gasteiger partial charge on any atom is 0.358 e. The summed E-state index contributed by atoms with van der Waals surface area (Å²) in [6, 6.07) is 0. The number of carbonyl (C=O) groups is 1. The molecule has 0 bridgehead atoms. The Hall–Kier alpha value is -1.51. The minimum absolute atomic E-state index is 0.0560. The van der Waals surface area contributed by atoms with Crippen LogP contribution in [0.25, 0.3) is 0 Å². The summed E-state index contributed by atoms with van der Waals surface area (Å²) in [5.74, 6) is -1.09. The maximum absolute atomic E-state index is 10.9. The molecule has 3 N–H and O–H groups in total. The van der Waals surface area contributed by atoms with Gasteiger partial charge in [-0.05, 0) is 0 Å². The zero-order valence-corrected chi connectivity index (χ0v) is 10.1. The largest absolute Gasteiger partial charge is 0.476 e. The SMILES string of the molecule is NCc1c(C(=O)O)nnn1CCN1CCOCC1. The fraction of sp³-hybridized carbons (Fsp3) is 0.700. The highest BCUT2D eigenvalue weighted by Crippen LogP contribution is 2.05. The van der Waals surface area contributed by atoms with Gasteiger partial charge >= 0.3 is 5.97 Å². The number of morpholine rings is 1. The van der Waals surface area contributed by atoms with Gasteiger partial charge in [-0.2, -0.15) is 0 Å². The van der Waals surface area contributed by atoms with Crippen molar-refractivity contribution in [2.75, 3.05) is 32.8 Å². The first-order chi connectivity index (χ1) is 8.72. The number of carboxylic acid groups (broad SMARTS) is 1. The van der Waals surface area contributed by atoms with E-state index in [4.69, 9.17) is 15.6 Å². The van der Waals surface area contributed by atoms with Crippen molar-refractivity contribution in [3.05, 3.63) is 11.4 Å². The molecule has 1 aliphatic heterocycles. The lowest BCUT2D eigenvalue weighted by Crippen LogP contribution is -2.38. The van der Waals surface area contributed by atoms with Gasteiger partial charge in [0.15, 0.2) is 5.69 Å². The molecule has 0 spiro atoms. The van der Waals surface area contributed by atoms with Crippen LogP contribution in [0.15, 0.2) is 0 Å². The van der Waals surface area contributed by atoms with Crippen LogP contribution >= 0.6 is 0 Å². The number of ether oxygens (including phenoxy) is 1. The molecule has 0 aliphatic carbocycles. The Morgan fingerprint density at radius 3 is 2.72 bits per heavy atom. The van der Waals surface area contributed by atoms with Gasteiger partial charge in [0.25, 0.3) is 0 Å². The number of nitrogens with zero attached hydrogens (tertiary/aromatic N) is 4. The molecule has 1 fully saturated rings. The predicted octanol–water partition coefficient (Wildman–Crippen LogP) is -1.23. The molecule has 18 heavy (non-hydrogen) atoms. The van der Waals surface area contributed by atoms with Crippen molar-refractivity contribution in [3.63, 3.8) is 0 Å². The molecule has 1 saturated heterocycles. The van der Waals surface area contributed by atoms with Gasteiger partial charge in [0.05, 0.1) is 25.5 Å². The highest BCUT2D eigenvalue weighted by Gasteiger charge is 2.18. The third-order valence-corrected chi connectivity index (χ3v) is 2.97. The van der Waals surface area contributed by atoms with Gasteiger partial charge in [-0.25, -0.2) is 9.48 Å². The molecule has 2 rings (SSSR count). The number of hydrogen-bond donors (Lipinski definition) is 2. The monoisotopic (exact) mass is 255 g/mol. The van der Waals surface area contributed by atoms with Crippen LogP contribution in [0, 0.1) is 0 Å². The Morgan fingerprint density at radius 2 is 2.11 bits per heavy atom. The standard InChI is InChI=1S/C10H17N5O3/c11-7-8-9(10(16)17)12-13-15(8)2-1-14-3-5-18-6-4-14/h1-7,11H2,(H,16,17). The van der Waals surface area contributed by atoms with Gasteiger partial charge in [0.2, 0.25) is 0 Å². The second-order valence-electron chi connectivity index (χ2n) is 4.07. The zero-order chi connectivity index (χ0) is 13.0. The fourth-order valence-electron chi connectivity index (χ4n) is 1.94. The average molecular weight is 255 g/mol. The van der Waals surface area contributed by atoms with Gasteiger partial charge in [-0.1, -0.05) is 5.21 Å². The summed E-state index contributed by atoms with van der Waals surface area (Å²) in [6.07, 6.45) is 0. The summed E-state index contributed by atoms with van der Waals surface area (Å²) in [5, 5.41) is 16.4. The maximum atomic E-state index is 10.9. The molecule has 8 heteroatoms. The molecule has 0 radical (unpaired) electrons. The molecule has 8 nitrogen and oxygen atoms in total. The minimum Gasteiger partial charge on any atom is -0.476 e. The Bertz CT molecular complexity index is 414. The van der Waals surface area contributed by atoms with Crippen molar-refractivity contribution < 1.29 is 14.6 Å². The van der Waals surface area contributed by atoms with Crippen molar-refractivity contribution in [1.82, 2.24) is 19.9 Å². The molecule has 2 heterocycles. The number of carboxylic acids is 1. The molecular formula is C10H17N5O3. The molecule has 0 saturated carbocycles. The van der Waals surface area contributed by atoms with E-state index in [9.17, 15) is 4.79 Å². The first-order valence-electron chi connectivity index (χ1n) is 5.88. The third-order valence-electron chi connectivity index (χ3n) is 2.97. The summed E-state index contributed by atoms with van der Waals surface area (Å²) in [6.45, 7) is 4.75. The summed E-state index contributed by atoms with van der Waals surface area (Å²) < 4.78 is 6.83. The number of rotatable bonds is 5. The van der Waals surface area contributed by atoms with E-state index in [0.717, 1.165) is 32.8 Å². The second-order valence-corrected chi connectivity index (χ2v) is 4.07. The van der Waals surface area contributed by atoms with E-state index < -0.39 is 5.97 Å². The number of hydrogen-bond acceptors (Lipinski definition) is 6. The van der Waals surface area contributed by atoms with E-state index in [1.54, 1.807) is 4.68 Å². The molecule has 1 aromatic heterocycles. The number of aromatic carboxylic acids is 1. The van der Waals surface area contributed by atoms with Crippen LogP contribution in [0.4, 0.5) is 0 Å². The zero-order valence-electron chi connectivity index (χ0n) is 10.1. The second kappa shape index (κ2) is 5.89. The first-order valence-corrected chi connectivity index (χ1v) is 5.88. The Labute approximate surface area is 104 Å². The summed E-state index contributed by atoms with van der Waals surface area (Å²) in [5.41, 5.74) is 5.96. The van der Waals surface area contributed by atoms with Gasteiger partial charge in [-0.3, -0.25) is 4.90 Å². The smallest absolute Gasteiger partial charge is 0.358 e. The van der Waals surface area contributed by atoms with Crippen LogP contribution in [0.3, 0.4) is 0 Å². The van der Waals surface area contributed by atoms with E-state index in [0.29, 0.717) is 12.2 Å². The fourth-order valence-corrected chi connectivity index (χ4v) is 1.94. The van der Waals surface area contributed by atoms with Gasteiger partial charge in [0, 0.05) is 26.2 Å². The summed E-state index contributed by atoms with van der Waals surface area (Å²) in [4.78, 5) is 13.1. The Balaban J connectivity index is 1.98. The van der Waals surface area contributed by atoms with E-state index in [-0.39, 0.29) is 12.2 Å². The van der Waals surface area contributed by atoms with Crippen LogP contribution < -0.4 is 5.73 Å². The highest BCUT2D eigenvalue weighted by molar-refractivity contribution is 5.86. The summed E-state index contributed by atoms with van der Waals surface area (Å²) >= 11 is 0. The molecule has 1 aliphatic rings. The van der Waals surface area contributed by atoms with Crippen LogP contribution in [0.5, 0.6) is 0 Å². The van der Waals surface area contributed by atoms with E-state index in [2.05, 4.69) is 15.2 Å². The lowest BCUT2D eigenvalue weighted by atomic mass is 10.3. The molecule has 100 valence electrons. The third kappa shape index (κ3) is 2.84. The van der Waals surface area contributed by atoms with Gasteiger partial charge < -0.3 is 15.6 Å². The van der Waals surface area contributed by atoms with Crippen LogP contribution in [0.1, 0.15) is 16.2 Å². The van der Waals surface area contributed by atoms with Crippen LogP contribution in [-0.4, -0.2) is 63.8 Å². The van der Waals surface area contributed by atoms with Crippen LogP contribution in [-0.2, 0) is 17.8 Å². The lowest BCUT2D eigenvalue weighted by Gasteiger charge is -2.26. The molecule has 0 atom stereocenters. The van der Waals surface area contributed by atoms with Gasteiger partial charge in [0.1, 0.15) is 0 Å². The summed E-state index contributed by atoms with van der Waals surface area (Å²) in [7, 11) is 0. The normalized spacial score (nSPS) is 16.9. The molecule has 0 unspecified atom stereocenters. The molecule has 0 aromatic carbocycles. The van der Waals surface area contributed by atoms with Crippen molar-refractivity contribution >= 4 is 5.97 Å². The molecule has 1 aromatic rings. The average Bonchev–Trinajstić information content (AvgIpc) is 2.80. The molecule has 0 amide bonds. The van der Waals surface area contributed by atoms with Crippen molar-refractivity contribution in [2.24, 2.45) is 5.73 Å². The van der Waals surface area contributed by atoms with Crippen LogP contribution in [0.2, 0.25) is 0 Å². The van der Waals surface area contributed by atoms with E-state index in [1.807, 2.05) is 0 Å². The number of nitrogens with two attached hydrogens (primary N) is 1. The highest BCUT2D eigenvalue weighted by atomic mass is 16.5. The van der Waals surface area contributed by atoms with Crippen molar-refractivity contribution in [2.45, 2.75) is 13.1 Å². The lowest BCUT2D eigenvalue weighted by molar-refractivity contribution is 0.0358. The Morgan fingerprint density at radius 1 is 1.39 bits per heavy atom. The number of aromatic nitrogens is 3. The van der Waals surface area contributed by atoms with E-state index in [1.165, 1.54) is 0 Å². The predicted molar refractivity (Wildman–Crippen MR) is 62.1 cm³/mol.